The molecule has 2 aliphatic rings. The fourth-order valence-corrected chi connectivity index (χ4v) is 4.50. The lowest BCUT2D eigenvalue weighted by Crippen LogP contribution is -2.45. The summed E-state index contributed by atoms with van der Waals surface area (Å²) in [5, 5.41) is 3.02. The first-order valence-corrected chi connectivity index (χ1v) is 10.6. The van der Waals surface area contributed by atoms with Crippen LogP contribution in [-0.4, -0.2) is 34.3 Å². The van der Waals surface area contributed by atoms with Crippen LogP contribution in [0.25, 0.3) is 10.4 Å². The van der Waals surface area contributed by atoms with Gasteiger partial charge in [0, 0.05) is 19.5 Å². The monoisotopic (exact) mass is 383 g/mol. The predicted molar refractivity (Wildman–Crippen MR) is 106 cm³/mol. The normalized spacial score (nSPS) is 19.3. The number of rotatable bonds is 6. The van der Waals surface area contributed by atoms with E-state index in [0.717, 1.165) is 42.5 Å². The SMILES string of the molecule is Cc1ncsc1-c1ccc(CNC(=O)C2CCCN2C(=O)CC2CC2)cc1. The second kappa shape index (κ2) is 7.80. The molecule has 142 valence electrons. The van der Waals surface area contributed by atoms with E-state index < -0.39 is 0 Å². The van der Waals surface area contributed by atoms with Gasteiger partial charge in [0.2, 0.25) is 11.8 Å². The topological polar surface area (TPSA) is 62.3 Å². The first-order chi connectivity index (χ1) is 13.1. The van der Waals surface area contributed by atoms with Gasteiger partial charge in [0.15, 0.2) is 0 Å². The number of likely N-dealkylation sites (tertiary alicyclic amines) is 1. The number of aryl methyl sites for hydroxylation is 1. The number of hydrogen-bond donors (Lipinski definition) is 1. The van der Waals surface area contributed by atoms with E-state index in [1.807, 2.05) is 24.6 Å². The van der Waals surface area contributed by atoms with Gasteiger partial charge in [0.05, 0.1) is 16.1 Å². The highest BCUT2D eigenvalue weighted by Crippen LogP contribution is 2.34. The molecule has 0 spiro atoms. The van der Waals surface area contributed by atoms with E-state index in [9.17, 15) is 9.59 Å². The number of hydrogen-bond acceptors (Lipinski definition) is 4. The number of thiazole rings is 1. The van der Waals surface area contributed by atoms with Crippen LogP contribution in [0, 0.1) is 12.8 Å². The van der Waals surface area contributed by atoms with Gasteiger partial charge in [-0.25, -0.2) is 4.98 Å². The molecular weight excluding hydrogens is 358 g/mol. The Morgan fingerprint density at radius 2 is 2.00 bits per heavy atom. The average Bonchev–Trinajstić information content (AvgIpc) is 3.17. The smallest absolute Gasteiger partial charge is 0.243 e. The molecule has 2 amide bonds. The first kappa shape index (κ1) is 18.2. The van der Waals surface area contributed by atoms with E-state index in [-0.39, 0.29) is 17.9 Å². The van der Waals surface area contributed by atoms with E-state index in [2.05, 4.69) is 22.4 Å². The number of amides is 2. The minimum absolute atomic E-state index is 0.0287. The van der Waals surface area contributed by atoms with Gasteiger partial charge >= 0.3 is 0 Å². The molecule has 6 heteroatoms. The fourth-order valence-electron chi connectivity index (χ4n) is 3.68. The van der Waals surface area contributed by atoms with Crippen LogP contribution in [0.2, 0.25) is 0 Å². The maximum atomic E-state index is 12.6. The zero-order valence-corrected chi connectivity index (χ0v) is 16.4. The van der Waals surface area contributed by atoms with Crippen molar-refractivity contribution in [2.24, 2.45) is 5.92 Å². The van der Waals surface area contributed by atoms with Crippen molar-refractivity contribution in [2.75, 3.05) is 6.54 Å². The number of nitrogens with zero attached hydrogens (tertiary/aromatic N) is 2. The van der Waals surface area contributed by atoms with E-state index in [1.165, 1.54) is 4.88 Å². The molecule has 1 saturated carbocycles. The molecule has 1 aromatic carbocycles. The quantitative estimate of drug-likeness (QED) is 0.830. The van der Waals surface area contributed by atoms with Crippen LogP contribution in [-0.2, 0) is 16.1 Å². The van der Waals surface area contributed by atoms with E-state index in [4.69, 9.17) is 0 Å². The largest absolute Gasteiger partial charge is 0.350 e. The second-order valence-electron chi connectivity index (χ2n) is 7.57. The molecule has 1 saturated heterocycles. The Hall–Kier alpha value is -2.21. The Kier molecular flexibility index (Phi) is 5.25. The minimum Gasteiger partial charge on any atom is -0.350 e. The number of aromatic nitrogens is 1. The molecule has 1 aliphatic heterocycles. The molecule has 2 heterocycles. The molecule has 1 aliphatic carbocycles. The van der Waals surface area contributed by atoms with Crippen LogP contribution < -0.4 is 5.32 Å². The van der Waals surface area contributed by atoms with Crippen LogP contribution in [0.3, 0.4) is 0 Å². The third kappa shape index (κ3) is 4.21. The summed E-state index contributed by atoms with van der Waals surface area (Å²) in [5.74, 6) is 0.681. The third-order valence-corrected chi connectivity index (χ3v) is 6.44. The second-order valence-corrected chi connectivity index (χ2v) is 8.43. The van der Waals surface area contributed by atoms with Gasteiger partial charge in [-0.3, -0.25) is 9.59 Å². The van der Waals surface area contributed by atoms with Crippen molar-refractivity contribution < 1.29 is 9.59 Å². The molecule has 2 aromatic rings. The molecule has 0 radical (unpaired) electrons. The van der Waals surface area contributed by atoms with Gasteiger partial charge in [0.25, 0.3) is 0 Å². The third-order valence-electron chi connectivity index (χ3n) is 5.46. The van der Waals surface area contributed by atoms with E-state index in [1.54, 1.807) is 16.2 Å². The van der Waals surface area contributed by atoms with Crippen molar-refractivity contribution in [3.63, 3.8) is 0 Å². The summed E-state index contributed by atoms with van der Waals surface area (Å²) in [6, 6.07) is 7.93. The average molecular weight is 384 g/mol. The Labute approximate surface area is 163 Å². The van der Waals surface area contributed by atoms with Crippen molar-refractivity contribution in [3.8, 4) is 10.4 Å². The number of benzene rings is 1. The molecule has 1 aromatic heterocycles. The van der Waals surface area contributed by atoms with Gasteiger partial charge < -0.3 is 10.2 Å². The molecule has 1 unspecified atom stereocenters. The molecule has 4 rings (SSSR count). The van der Waals surface area contributed by atoms with Gasteiger partial charge in [-0.2, -0.15) is 0 Å². The van der Waals surface area contributed by atoms with Crippen LogP contribution in [0.5, 0.6) is 0 Å². The van der Waals surface area contributed by atoms with Gasteiger partial charge in [0.1, 0.15) is 6.04 Å². The summed E-state index contributed by atoms with van der Waals surface area (Å²) in [6.45, 7) is 3.21. The van der Waals surface area contributed by atoms with Crippen molar-refractivity contribution in [1.29, 1.82) is 0 Å². The summed E-state index contributed by atoms with van der Waals surface area (Å²) in [6.07, 6.45) is 4.62. The summed E-state index contributed by atoms with van der Waals surface area (Å²) in [5.41, 5.74) is 5.11. The Morgan fingerprint density at radius 1 is 1.22 bits per heavy atom. The van der Waals surface area contributed by atoms with Crippen molar-refractivity contribution in [3.05, 3.63) is 41.0 Å². The van der Waals surface area contributed by atoms with Gasteiger partial charge in [-0.15, -0.1) is 11.3 Å². The van der Waals surface area contributed by atoms with Gasteiger partial charge in [-0.05, 0) is 49.7 Å². The van der Waals surface area contributed by atoms with Crippen LogP contribution in [0.15, 0.2) is 29.8 Å². The van der Waals surface area contributed by atoms with Crippen molar-refractivity contribution in [2.45, 2.75) is 51.6 Å². The van der Waals surface area contributed by atoms with E-state index in [0.29, 0.717) is 25.4 Å². The number of carbonyl (C=O) groups excluding carboxylic acids is 2. The maximum absolute atomic E-state index is 12.6. The van der Waals surface area contributed by atoms with Crippen LogP contribution in [0.1, 0.15) is 43.4 Å². The highest BCUT2D eigenvalue weighted by Gasteiger charge is 2.36. The standard InChI is InChI=1S/C21H25N3O2S/c1-14-20(27-13-23-14)17-8-6-16(7-9-17)12-22-21(26)18-3-2-10-24(18)19(25)11-15-4-5-15/h6-9,13,15,18H,2-5,10-12H2,1H3,(H,22,26). The van der Waals surface area contributed by atoms with Crippen LogP contribution in [0.4, 0.5) is 0 Å². The predicted octanol–water partition coefficient (Wildman–Crippen LogP) is 3.53. The molecule has 1 N–H and O–H groups in total. The lowest BCUT2D eigenvalue weighted by Gasteiger charge is -2.24. The van der Waals surface area contributed by atoms with Crippen LogP contribution >= 0.6 is 11.3 Å². The summed E-state index contributed by atoms with van der Waals surface area (Å²) in [7, 11) is 0. The molecular formula is C21H25N3O2S. The zero-order valence-electron chi connectivity index (χ0n) is 15.6. The Balaban J connectivity index is 1.33. The summed E-state index contributed by atoms with van der Waals surface area (Å²) >= 11 is 1.64. The maximum Gasteiger partial charge on any atom is 0.243 e. The summed E-state index contributed by atoms with van der Waals surface area (Å²) < 4.78 is 0. The fraction of sp³-hybridized carbons (Fsp3) is 0.476. The molecule has 5 nitrogen and oxygen atoms in total. The number of carbonyl (C=O) groups is 2. The Bertz CT molecular complexity index is 826. The zero-order chi connectivity index (χ0) is 18.8. The summed E-state index contributed by atoms with van der Waals surface area (Å²) in [4.78, 5) is 32.3. The molecule has 27 heavy (non-hydrogen) atoms. The molecule has 2 fully saturated rings. The Morgan fingerprint density at radius 3 is 2.67 bits per heavy atom. The first-order valence-electron chi connectivity index (χ1n) is 9.68. The van der Waals surface area contributed by atoms with Crippen molar-refractivity contribution in [1.82, 2.24) is 15.2 Å². The molecule has 1 atom stereocenters. The highest BCUT2D eigenvalue weighted by atomic mass is 32.1. The van der Waals surface area contributed by atoms with E-state index >= 15 is 0 Å². The lowest BCUT2D eigenvalue weighted by molar-refractivity contribution is -0.138. The number of nitrogens with one attached hydrogen (secondary N) is 1. The lowest BCUT2D eigenvalue weighted by atomic mass is 10.1. The molecule has 0 bridgehead atoms. The van der Waals surface area contributed by atoms with Gasteiger partial charge in [-0.1, -0.05) is 24.3 Å². The van der Waals surface area contributed by atoms with Crippen molar-refractivity contribution >= 4 is 23.2 Å². The minimum atomic E-state index is -0.296. The highest BCUT2D eigenvalue weighted by molar-refractivity contribution is 7.13.